The number of ether oxygens (including phenoxy) is 3. The first-order chi connectivity index (χ1) is 14.1. The minimum Gasteiger partial charge on any atom is -0.465 e. The highest BCUT2D eigenvalue weighted by Gasteiger charge is 2.40. The van der Waals surface area contributed by atoms with Crippen molar-refractivity contribution in [2.75, 3.05) is 43.6 Å². The molecule has 29 heavy (non-hydrogen) atoms. The number of nitrogens with one attached hydrogen (secondary N) is 1. The zero-order chi connectivity index (χ0) is 20.3. The Kier molecular flexibility index (Phi) is 5.41. The average Bonchev–Trinajstić information content (AvgIpc) is 3.22. The highest BCUT2D eigenvalue weighted by molar-refractivity contribution is 6.03. The Morgan fingerprint density at radius 1 is 1.14 bits per heavy atom. The zero-order valence-corrected chi connectivity index (χ0v) is 16.1. The maximum absolute atomic E-state index is 12.6. The van der Waals surface area contributed by atoms with Gasteiger partial charge >= 0.3 is 5.97 Å². The van der Waals surface area contributed by atoms with Crippen LogP contribution in [0.4, 0.5) is 11.5 Å². The van der Waals surface area contributed by atoms with E-state index in [1.165, 1.54) is 13.4 Å². The van der Waals surface area contributed by atoms with E-state index in [0.29, 0.717) is 30.3 Å². The molecule has 152 valence electrons. The molecule has 1 N–H and O–H groups in total. The van der Waals surface area contributed by atoms with E-state index in [2.05, 4.69) is 20.2 Å². The van der Waals surface area contributed by atoms with Crippen LogP contribution in [0, 0.1) is 0 Å². The van der Waals surface area contributed by atoms with Crippen molar-refractivity contribution in [1.29, 1.82) is 0 Å². The van der Waals surface area contributed by atoms with Gasteiger partial charge in [0.1, 0.15) is 17.8 Å². The van der Waals surface area contributed by atoms with Crippen LogP contribution in [-0.4, -0.2) is 61.0 Å². The largest absolute Gasteiger partial charge is 0.465 e. The van der Waals surface area contributed by atoms with Gasteiger partial charge in [-0.2, -0.15) is 0 Å². The molecule has 1 aromatic carbocycles. The summed E-state index contributed by atoms with van der Waals surface area (Å²) in [6.45, 7) is 2.71. The Morgan fingerprint density at radius 2 is 1.90 bits per heavy atom. The van der Waals surface area contributed by atoms with Gasteiger partial charge in [-0.25, -0.2) is 14.8 Å². The molecule has 2 fully saturated rings. The molecule has 1 aromatic heterocycles. The first-order valence-electron chi connectivity index (χ1n) is 9.43. The Balaban J connectivity index is 1.43. The minimum absolute atomic E-state index is 0.243. The van der Waals surface area contributed by atoms with Gasteiger partial charge in [-0.15, -0.1) is 0 Å². The molecular formula is C20H22N4O5. The molecule has 1 spiro atoms. The predicted octanol–water partition coefficient (Wildman–Crippen LogP) is 1.86. The molecule has 0 aliphatic carbocycles. The number of aromatic nitrogens is 2. The molecule has 4 rings (SSSR count). The van der Waals surface area contributed by atoms with Crippen LogP contribution in [0.25, 0.3) is 0 Å². The molecule has 9 heteroatoms. The third kappa shape index (κ3) is 4.20. The number of carbonyl (C=O) groups is 2. The van der Waals surface area contributed by atoms with Crippen LogP contribution in [0.2, 0.25) is 0 Å². The standard InChI is InChI=1S/C20H22N4O5/c1-27-19(26)14-3-2-4-15(11-14)23-18(25)16-12-17(22-13-21-16)24-7-5-20(6-8-24)28-9-10-29-20/h2-4,11-13H,5-10H2,1H3,(H,23,25). The average molecular weight is 398 g/mol. The van der Waals surface area contributed by atoms with Crippen LogP contribution < -0.4 is 10.2 Å². The molecule has 0 bridgehead atoms. The van der Waals surface area contributed by atoms with E-state index < -0.39 is 11.8 Å². The smallest absolute Gasteiger partial charge is 0.337 e. The van der Waals surface area contributed by atoms with Crippen molar-refractivity contribution in [2.45, 2.75) is 18.6 Å². The van der Waals surface area contributed by atoms with E-state index in [4.69, 9.17) is 14.2 Å². The van der Waals surface area contributed by atoms with Gasteiger partial charge in [0.2, 0.25) is 0 Å². The summed E-state index contributed by atoms with van der Waals surface area (Å²) in [6.07, 6.45) is 2.87. The number of amides is 1. The Morgan fingerprint density at radius 3 is 2.62 bits per heavy atom. The Bertz CT molecular complexity index is 903. The normalized spacial score (nSPS) is 17.9. The number of carbonyl (C=O) groups excluding carboxylic acids is 2. The van der Waals surface area contributed by atoms with Crippen LogP contribution >= 0.6 is 0 Å². The summed E-state index contributed by atoms with van der Waals surface area (Å²) in [7, 11) is 1.31. The molecule has 3 heterocycles. The van der Waals surface area contributed by atoms with Crippen molar-refractivity contribution in [3.05, 3.63) is 47.9 Å². The van der Waals surface area contributed by atoms with Crippen molar-refractivity contribution in [2.24, 2.45) is 0 Å². The first-order valence-corrected chi connectivity index (χ1v) is 9.43. The number of anilines is 2. The predicted molar refractivity (Wildman–Crippen MR) is 104 cm³/mol. The second kappa shape index (κ2) is 8.14. The molecule has 2 aliphatic rings. The molecule has 2 aromatic rings. The van der Waals surface area contributed by atoms with Crippen molar-refractivity contribution in [3.63, 3.8) is 0 Å². The second-order valence-corrected chi connectivity index (χ2v) is 6.88. The highest BCUT2D eigenvalue weighted by atomic mass is 16.7. The van der Waals surface area contributed by atoms with Crippen molar-refractivity contribution in [3.8, 4) is 0 Å². The lowest BCUT2D eigenvalue weighted by Gasteiger charge is -2.38. The maximum Gasteiger partial charge on any atom is 0.337 e. The second-order valence-electron chi connectivity index (χ2n) is 6.88. The summed E-state index contributed by atoms with van der Waals surface area (Å²) in [4.78, 5) is 34.8. The van der Waals surface area contributed by atoms with Crippen molar-refractivity contribution in [1.82, 2.24) is 9.97 Å². The summed E-state index contributed by atoms with van der Waals surface area (Å²) in [6, 6.07) is 8.19. The number of benzene rings is 1. The topological polar surface area (TPSA) is 103 Å². The van der Waals surface area contributed by atoms with Crippen LogP contribution in [0.3, 0.4) is 0 Å². The van der Waals surface area contributed by atoms with Crippen molar-refractivity contribution < 1.29 is 23.8 Å². The van der Waals surface area contributed by atoms with Crippen molar-refractivity contribution >= 4 is 23.4 Å². The van der Waals surface area contributed by atoms with Crippen LogP contribution in [0.15, 0.2) is 36.7 Å². The van der Waals surface area contributed by atoms with Crippen LogP contribution in [-0.2, 0) is 14.2 Å². The zero-order valence-electron chi connectivity index (χ0n) is 16.1. The van der Waals surface area contributed by atoms with Gasteiger partial charge in [0.15, 0.2) is 5.79 Å². The van der Waals surface area contributed by atoms with Crippen LogP contribution in [0.1, 0.15) is 33.7 Å². The van der Waals surface area contributed by atoms with Gasteiger partial charge in [0.05, 0.1) is 25.9 Å². The number of rotatable bonds is 4. The van der Waals surface area contributed by atoms with Gasteiger partial charge in [-0.1, -0.05) is 6.07 Å². The van der Waals surface area contributed by atoms with E-state index in [1.807, 2.05) is 0 Å². The summed E-state index contributed by atoms with van der Waals surface area (Å²) < 4.78 is 16.2. The lowest BCUT2D eigenvalue weighted by Crippen LogP contribution is -2.45. The van der Waals surface area contributed by atoms with E-state index in [-0.39, 0.29) is 11.6 Å². The van der Waals surface area contributed by atoms with Gasteiger partial charge in [-0.05, 0) is 18.2 Å². The summed E-state index contributed by atoms with van der Waals surface area (Å²) in [5.41, 5.74) is 1.08. The van der Waals surface area contributed by atoms with E-state index in [9.17, 15) is 9.59 Å². The Hall–Kier alpha value is -3.04. The SMILES string of the molecule is COC(=O)c1cccc(NC(=O)c2cc(N3CCC4(CC3)OCCO4)ncn2)c1. The summed E-state index contributed by atoms with van der Waals surface area (Å²) >= 11 is 0. The van der Waals surface area contributed by atoms with E-state index in [0.717, 1.165) is 25.9 Å². The fourth-order valence-electron chi connectivity index (χ4n) is 3.54. The van der Waals surface area contributed by atoms with E-state index in [1.54, 1.807) is 30.3 Å². The molecule has 1 amide bonds. The molecule has 0 atom stereocenters. The van der Waals surface area contributed by atoms with E-state index >= 15 is 0 Å². The van der Waals surface area contributed by atoms with Gasteiger partial charge < -0.3 is 24.4 Å². The lowest BCUT2D eigenvalue weighted by atomic mass is 10.0. The monoisotopic (exact) mass is 398 g/mol. The Labute approximate surface area is 168 Å². The van der Waals surface area contributed by atoms with Crippen LogP contribution in [0.5, 0.6) is 0 Å². The number of nitrogens with zero attached hydrogens (tertiary/aromatic N) is 3. The number of methoxy groups -OCH3 is 1. The maximum atomic E-state index is 12.6. The lowest BCUT2D eigenvalue weighted by molar-refractivity contribution is -0.169. The quantitative estimate of drug-likeness (QED) is 0.779. The summed E-state index contributed by atoms with van der Waals surface area (Å²) in [5.74, 6) is -0.634. The molecule has 2 saturated heterocycles. The van der Waals surface area contributed by atoms with Gasteiger partial charge in [0.25, 0.3) is 5.91 Å². The molecule has 2 aliphatic heterocycles. The number of esters is 1. The molecule has 0 saturated carbocycles. The first kappa shape index (κ1) is 19.3. The molecule has 0 radical (unpaired) electrons. The van der Waals surface area contributed by atoms with Gasteiger partial charge in [-0.3, -0.25) is 4.79 Å². The fourth-order valence-corrected chi connectivity index (χ4v) is 3.54. The number of piperidine rings is 1. The number of hydrogen-bond donors (Lipinski definition) is 1. The molecule has 0 unspecified atom stereocenters. The third-order valence-corrected chi connectivity index (χ3v) is 5.09. The fraction of sp³-hybridized carbons (Fsp3) is 0.400. The highest BCUT2D eigenvalue weighted by Crippen LogP contribution is 2.32. The molecule has 9 nitrogen and oxygen atoms in total. The third-order valence-electron chi connectivity index (χ3n) is 5.09. The van der Waals surface area contributed by atoms with Gasteiger partial charge in [0, 0.05) is 37.7 Å². The molecular weight excluding hydrogens is 376 g/mol. The number of hydrogen-bond acceptors (Lipinski definition) is 8. The minimum atomic E-state index is -0.469. The summed E-state index contributed by atoms with van der Waals surface area (Å²) in [5, 5.41) is 2.75.